The minimum Gasteiger partial charge on any atom is -0.493 e. The van der Waals surface area contributed by atoms with E-state index in [1.54, 1.807) is 39.8 Å². The molecule has 0 spiro atoms. The van der Waals surface area contributed by atoms with Crippen LogP contribution in [0.25, 0.3) is 0 Å². The van der Waals surface area contributed by atoms with Gasteiger partial charge in [0, 0.05) is 12.5 Å². The lowest BCUT2D eigenvalue weighted by Crippen LogP contribution is -2.34. The Morgan fingerprint density at radius 3 is 2.35 bits per heavy atom. The van der Waals surface area contributed by atoms with Gasteiger partial charge in [0.1, 0.15) is 23.7 Å². The molecule has 1 aromatic carbocycles. The number of carbonyl (C=O) groups is 2. The lowest BCUT2D eigenvalue weighted by atomic mass is 10.2. The van der Waals surface area contributed by atoms with Gasteiger partial charge in [-0.1, -0.05) is 6.07 Å². The number of ether oxygens (including phenoxy) is 4. The summed E-state index contributed by atoms with van der Waals surface area (Å²) in [6.45, 7) is 8.66. The highest BCUT2D eigenvalue weighted by molar-refractivity contribution is 5.69. The quantitative estimate of drug-likeness (QED) is 0.505. The topological polar surface area (TPSA) is 83.1 Å². The average molecular weight is 367 g/mol. The second-order valence-corrected chi connectivity index (χ2v) is 6.51. The summed E-state index contributed by atoms with van der Waals surface area (Å²) >= 11 is 0. The van der Waals surface area contributed by atoms with Crippen molar-refractivity contribution in [3.05, 3.63) is 24.3 Å². The third-order valence-electron chi connectivity index (χ3n) is 2.94. The largest absolute Gasteiger partial charge is 0.493 e. The summed E-state index contributed by atoms with van der Waals surface area (Å²) < 4.78 is 21.2. The number of hydrogen-bond acceptors (Lipinski definition) is 6. The van der Waals surface area contributed by atoms with E-state index in [2.05, 4.69) is 5.32 Å². The molecule has 0 heterocycles. The van der Waals surface area contributed by atoms with Gasteiger partial charge in [-0.25, -0.2) is 4.79 Å². The predicted octanol–water partition coefficient (Wildman–Crippen LogP) is 3.31. The molecule has 7 heteroatoms. The molecule has 0 unspecified atom stereocenters. The molecule has 0 saturated heterocycles. The van der Waals surface area contributed by atoms with E-state index in [9.17, 15) is 9.59 Å². The maximum Gasteiger partial charge on any atom is 0.407 e. The van der Waals surface area contributed by atoms with Crippen molar-refractivity contribution < 1.29 is 28.5 Å². The first kappa shape index (κ1) is 21.6. The summed E-state index contributed by atoms with van der Waals surface area (Å²) in [4.78, 5) is 22.8. The molecule has 146 valence electrons. The SMILES string of the molecule is CCOC(=O)CCCOc1cccc(OCCNC(=O)OC(C)(C)C)c1. The molecule has 0 radical (unpaired) electrons. The Kier molecular flexibility index (Phi) is 9.33. The molecule has 0 fully saturated rings. The van der Waals surface area contributed by atoms with Gasteiger partial charge in [0.05, 0.1) is 19.8 Å². The molecular weight excluding hydrogens is 338 g/mol. The highest BCUT2D eigenvalue weighted by Gasteiger charge is 2.15. The van der Waals surface area contributed by atoms with Gasteiger partial charge in [-0.3, -0.25) is 4.79 Å². The van der Waals surface area contributed by atoms with Crippen LogP contribution >= 0.6 is 0 Å². The zero-order chi connectivity index (χ0) is 19.4. The Hall–Kier alpha value is -2.44. The van der Waals surface area contributed by atoms with Gasteiger partial charge in [0.2, 0.25) is 0 Å². The van der Waals surface area contributed by atoms with E-state index < -0.39 is 11.7 Å². The Bertz CT molecular complexity index is 567. The van der Waals surface area contributed by atoms with Gasteiger partial charge in [-0.15, -0.1) is 0 Å². The van der Waals surface area contributed by atoms with Crippen molar-refractivity contribution in [2.45, 2.75) is 46.1 Å². The molecular formula is C19H29NO6. The molecule has 1 N–H and O–H groups in total. The van der Waals surface area contributed by atoms with Crippen LogP contribution in [0.4, 0.5) is 4.79 Å². The molecule has 0 atom stereocenters. The van der Waals surface area contributed by atoms with Crippen LogP contribution in [0.3, 0.4) is 0 Å². The van der Waals surface area contributed by atoms with Gasteiger partial charge >= 0.3 is 12.1 Å². The van der Waals surface area contributed by atoms with Crippen molar-refractivity contribution in [2.75, 3.05) is 26.4 Å². The third kappa shape index (κ3) is 10.4. The van der Waals surface area contributed by atoms with Crippen molar-refractivity contribution in [1.82, 2.24) is 5.32 Å². The summed E-state index contributed by atoms with van der Waals surface area (Å²) in [5.41, 5.74) is -0.524. The Morgan fingerprint density at radius 1 is 1.08 bits per heavy atom. The van der Waals surface area contributed by atoms with Crippen LogP contribution in [0.5, 0.6) is 11.5 Å². The fraction of sp³-hybridized carbons (Fsp3) is 0.579. The fourth-order valence-corrected chi connectivity index (χ4v) is 1.93. The molecule has 26 heavy (non-hydrogen) atoms. The zero-order valence-electron chi connectivity index (χ0n) is 16.0. The van der Waals surface area contributed by atoms with Crippen LogP contribution in [0.1, 0.15) is 40.5 Å². The van der Waals surface area contributed by atoms with E-state index in [0.29, 0.717) is 50.7 Å². The standard InChI is InChI=1S/C19H29NO6/c1-5-23-17(21)10-7-12-24-15-8-6-9-16(14-15)25-13-11-20-18(22)26-19(2,3)4/h6,8-9,14H,5,7,10-13H2,1-4H3,(H,20,22). The highest BCUT2D eigenvalue weighted by atomic mass is 16.6. The summed E-state index contributed by atoms with van der Waals surface area (Å²) in [6.07, 6.45) is 0.448. The van der Waals surface area contributed by atoms with E-state index >= 15 is 0 Å². The second-order valence-electron chi connectivity index (χ2n) is 6.51. The van der Waals surface area contributed by atoms with Crippen LogP contribution in [0.15, 0.2) is 24.3 Å². The van der Waals surface area contributed by atoms with Gasteiger partial charge in [-0.2, -0.15) is 0 Å². The highest BCUT2D eigenvalue weighted by Crippen LogP contribution is 2.19. The molecule has 0 saturated carbocycles. The first-order chi connectivity index (χ1) is 12.3. The van der Waals surface area contributed by atoms with Crippen molar-refractivity contribution >= 4 is 12.1 Å². The lowest BCUT2D eigenvalue weighted by molar-refractivity contribution is -0.143. The van der Waals surface area contributed by atoms with Crippen LogP contribution in [-0.2, 0) is 14.3 Å². The number of benzene rings is 1. The summed E-state index contributed by atoms with van der Waals surface area (Å²) in [7, 11) is 0. The summed E-state index contributed by atoms with van der Waals surface area (Å²) in [5, 5.41) is 2.63. The third-order valence-corrected chi connectivity index (χ3v) is 2.94. The summed E-state index contributed by atoms with van der Waals surface area (Å²) in [6, 6.07) is 7.20. The van der Waals surface area contributed by atoms with Gasteiger partial charge in [0.25, 0.3) is 0 Å². The maximum absolute atomic E-state index is 11.5. The Morgan fingerprint density at radius 2 is 1.73 bits per heavy atom. The van der Waals surface area contributed by atoms with Crippen LogP contribution in [0.2, 0.25) is 0 Å². The number of nitrogens with one attached hydrogen (secondary N) is 1. The second kappa shape index (κ2) is 11.2. The first-order valence-corrected chi connectivity index (χ1v) is 8.78. The normalized spacial score (nSPS) is 10.8. The molecule has 0 aromatic heterocycles. The van der Waals surface area contributed by atoms with E-state index in [-0.39, 0.29) is 5.97 Å². The van der Waals surface area contributed by atoms with Gasteiger partial charge < -0.3 is 24.3 Å². The number of rotatable bonds is 10. The average Bonchev–Trinajstić information content (AvgIpc) is 2.55. The Labute approximate surface area is 155 Å². The van der Waals surface area contributed by atoms with E-state index in [1.807, 2.05) is 12.1 Å². The van der Waals surface area contributed by atoms with Gasteiger partial charge in [0.15, 0.2) is 0 Å². The van der Waals surface area contributed by atoms with Crippen molar-refractivity contribution in [1.29, 1.82) is 0 Å². The van der Waals surface area contributed by atoms with Gasteiger partial charge in [-0.05, 0) is 46.2 Å². The number of amides is 1. The van der Waals surface area contributed by atoms with Crippen LogP contribution in [-0.4, -0.2) is 44.0 Å². The molecule has 0 aliphatic carbocycles. The number of esters is 1. The lowest BCUT2D eigenvalue weighted by Gasteiger charge is -2.19. The smallest absolute Gasteiger partial charge is 0.407 e. The minimum absolute atomic E-state index is 0.217. The molecule has 7 nitrogen and oxygen atoms in total. The molecule has 0 bridgehead atoms. The summed E-state index contributed by atoms with van der Waals surface area (Å²) in [5.74, 6) is 1.08. The number of alkyl carbamates (subject to hydrolysis) is 1. The molecule has 1 rings (SSSR count). The monoisotopic (exact) mass is 367 g/mol. The van der Waals surface area contributed by atoms with E-state index in [0.717, 1.165) is 0 Å². The first-order valence-electron chi connectivity index (χ1n) is 8.78. The molecule has 1 aromatic rings. The molecule has 0 aliphatic rings. The Balaban J connectivity index is 2.25. The maximum atomic E-state index is 11.5. The van der Waals surface area contributed by atoms with Crippen molar-refractivity contribution in [2.24, 2.45) is 0 Å². The fourth-order valence-electron chi connectivity index (χ4n) is 1.93. The van der Waals surface area contributed by atoms with E-state index in [4.69, 9.17) is 18.9 Å². The zero-order valence-corrected chi connectivity index (χ0v) is 16.0. The van der Waals surface area contributed by atoms with Crippen molar-refractivity contribution in [3.63, 3.8) is 0 Å². The van der Waals surface area contributed by atoms with E-state index in [1.165, 1.54) is 0 Å². The molecule has 1 amide bonds. The molecule has 0 aliphatic heterocycles. The van der Waals surface area contributed by atoms with Crippen LogP contribution in [0, 0.1) is 0 Å². The minimum atomic E-state index is -0.524. The number of carbonyl (C=O) groups excluding carboxylic acids is 2. The predicted molar refractivity (Wildman–Crippen MR) is 97.5 cm³/mol. The number of hydrogen-bond donors (Lipinski definition) is 1. The van der Waals surface area contributed by atoms with Crippen LogP contribution < -0.4 is 14.8 Å². The van der Waals surface area contributed by atoms with Crippen molar-refractivity contribution in [3.8, 4) is 11.5 Å².